The number of ether oxygens (including phenoxy) is 1. The average molecular weight is 495 g/mol. The van der Waals surface area contributed by atoms with Gasteiger partial charge in [-0.15, -0.1) is 11.3 Å². The molecule has 180 valence electrons. The van der Waals surface area contributed by atoms with Crippen LogP contribution in [0.2, 0.25) is 0 Å². The molecule has 2 atom stereocenters. The predicted molar refractivity (Wildman–Crippen MR) is 126 cm³/mol. The van der Waals surface area contributed by atoms with Gasteiger partial charge in [0.1, 0.15) is 12.4 Å². The maximum Gasteiger partial charge on any atom is 0.407 e. The lowest BCUT2D eigenvalue weighted by Crippen LogP contribution is -2.51. The molecule has 4 rings (SSSR count). The highest BCUT2D eigenvalue weighted by Crippen LogP contribution is 2.40. The van der Waals surface area contributed by atoms with Gasteiger partial charge in [0.25, 0.3) is 0 Å². The molecule has 1 aromatic carbocycles. The van der Waals surface area contributed by atoms with E-state index in [4.69, 9.17) is 18.1 Å². The van der Waals surface area contributed by atoms with Gasteiger partial charge in [0, 0.05) is 29.8 Å². The molecule has 10 heteroatoms. The second-order valence-corrected chi connectivity index (χ2v) is 11.4. The minimum absolute atomic E-state index is 0.0316. The summed E-state index contributed by atoms with van der Waals surface area (Å²) >= 11 is -0.00801. The van der Waals surface area contributed by atoms with Crippen LogP contribution < -0.4 is 4.74 Å². The first-order valence-corrected chi connectivity index (χ1v) is 12.9. The molecule has 3 heterocycles. The van der Waals surface area contributed by atoms with Crippen LogP contribution in [0.25, 0.3) is 0 Å². The summed E-state index contributed by atoms with van der Waals surface area (Å²) < 4.78 is 27.2. The first-order valence-electron chi connectivity index (χ1n) is 11.1. The van der Waals surface area contributed by atoms with Crippen molar-refractivity contribution in [2.45, 2.75) is 58.1 Å². The Balaban J connectivity index is 1.33. The van der Waals surface area contributed by atoms with Gasteiger partial charge in [-0.2, -0.15) is 4.21 Å². The molecular formula is C23H30N2O6S2. The average Bonchev–Trinajstić information content (AvgIpc) is 3.27. The van der Waals surface area contributed by atoms with Gasteiger partial charge >= 0.3 is 17.5 Å². The van der Waals surface area contributed by atoms with E-state index in [0.717, 1.165) is 34.9 Å². The van der Waals surface area contributed by atoms with Crippen LogP contribution >= 0.6 is 11.3 Å². The number of rotatable bonds is 5. The lowest BCUT2D eigenvalue weighted by molar-refractivity contribution is 0.0525. The van der Waals surface area contributed by atoms with E-state index < -0.39 is 17.5 Å². The molecule has 2 fully saturated rings. The van der Waals surface area contributed by atoms with E-state index in [9.17, 15) is 14.1 Å². The number of aromatic nitrogens is 1. The fraction of sp³-hybridized carbons (Fsp3) is 0.565. The Morgan fingerprint density at radius 2 is 1.94 bits per heavy atom. The van der Waals surface area contributed by atoms with E-state index in [1.54, 1.807) is 16.2 Å². The van der Waals surface area contributed by atoms with Crippen LogP contribution in [0, 0.1) is 5.41 Å². The van der Waals surface area contributed by atoms with Crippen molar-refractivity contribution in [3.63, 3.8) is 0 Å². The number of amides is 1. The fourth-order valence-electron chi connectivity index (χ4n) is 4.36. The number of hydrogen-bond donors (Lipinski definition) is 1. The minimum atomic E-state index is -1.63. The lowest BCUT2D eigenvalue weighted by Gasteiger charge is -2.44. The van der Waals surface area contributed by atoms with Crippen molar-refractivity contribution in [2.24, 2.45) is 5.41 Å². The molecule has 1 N–H and O–H groups in total. The van der Waals surface area contributed by atoms with Gasteiger partial charge in [0.15, 0.2) is 0 Å². The number of piperidine rings is 1. The molecule has 1 aromatic heterocycles. The van der Waals surface area contributed by atoms with E-state index in [0.29, 0.717) is 26.4 Å². The largest absolute Gasteiger partial charge is 0.487 e. The zero-order valence-corrected chi connectivity index (χ0v) is 20.7. The summed E-state index contributed by atoms with van der Waals surface area (Å²) in [6.07, 6.45) is 0.731. The maximum absolute atomic E-state index is 11.7. The summed E-state index contributed by atoms with van der Waals surface area (Å²) in [6, 6.07) is 7.72. The summed E-state index contributed by atoms with van der Waals surface area (Å²) in [5.74, 6) is 1.07. The number of benzene rings is 1. The van der Waals surface area contributed by atoms with Crippen molar-refractivity contribution in [3.05, 3.63) is 45.9 Å². The van der Waals surface area contributed by atoms with Gasteiger partial charge in [-0.25, -0.2) is 9.78 Å². The summed E-state index contributed by atoms with van der Waals surface area (Å²) in [5, 5.41) is 12.7. The van der Waals surface area contributed by atoms with Gasteiger partial charge in [-0.05, 0) is 36.0 Å². The molecule has 0 bridgehead atoms. The predicted octanol–water partition coefficient (Wildman–Crippen LogP) is 4.70. The van der Waals surface area contributed by atoms with Gasteiger partial charge in [-0.1, -0.05) is 32.9 Å². The fourth-order valence-corrected chi connectivity index (χ4v) is 5.93. The van der Waals surface area contributed by atoms with Crippen molar-refractivity contribution in [2.75, 3.05) is 19.8 Å². The monoisotopic (exact) mass is 494 g/mol. The molecular weight excluding hydrogens is 464 g/mol. The first-order chi connectivity index (χ1) is 15.7. The molecule has 2 aliphatic heterocycles. The van der Waals surface area contributed by atoms with Crippen molar-refractivity contribution >= 4 is 28.8 Å². The third-order valence-electron chi connectivity index (χ3n) is 6.24. The van der Waals surface area contributed by atoms with E-state index in [1.165, 1.54) is 0 Å². The Labute approximate surface area is 200 Å². The third kappa shape index (κ3) is 5.92. The lowest BCUT2D eigenvalue weighted by atomic mass is 9.77. The van der Waals surface area contributed by atoms with Gasteiger partial charge in [0.2, 0.25) is 0 Å². The van der Waals surface area contributed by atoms with Crippen LogP contribution in [-0.2, 0) is 26.3 Å². The number of carboxylic acid groups (broad SMARTS) is 1. The van der Waals surface area contributed by atoms with Crippen LogP contribution in [0.1, 0.15) is 61.7 Å². The standard InChI is InChI=1S/C23H30N2O6S2/c1-23(2,3)20-10-16(8-9-25(20)22(26)27)21-24-18(14-32-21)13-29-19-6-4-15(5-7-19)17-11-30-33(28)31-12-17/h4-7,14,16-17,20H,8-13H2,1-3H3,(H,26,27)/t16-,17?,20-,33?/m1/s1. The second kappa shape index (κ2) is 10.1. The molecule has 2 aliphatic rings. The van der Waals surface area contributed by atoms with Gasteiger partial charge < -0.3 is 14.7 Å². The summed E-state index contributed by atoms with van der Waals surface area (Å²) in [4.78, 5) is 18.1. The number of likely N-dealkylation sites (tertiary alicyclic amines) is 1. The zero-order valence-electron chi connectivity index (χ0n) is 19.1. The Hall–Kier alpha value is -2.01. The van der Waals surface area contributed by atoms with Crippen LogP contribution in [0.5, 0.6) is 5.75 Å². The molecule has 0 aliphatic carbocycles. The molecule has 8 nitrogen and oxygen atoms in total. The van der Waals surface area contributed by atoms with Crippen LogP contribution in [0.4, 0.5) is 4.79 Å². The minimum Gasteiger partial charge on any atom is -0.487 e. The van der Waals surface area contributed by atoms with Crippen LogP contribution in [0.15, 0.2) is 29.6 Å². The molecule has 1 amide bonds. The van der Waals surface area contributed by atoms with Gasteiger partial charge in [-0.3, -0.25) is 8.37 Å². The molecule has 0 spiro atoms. The van der Waals surface area contributed by atoms with Crippen molar-refractivity contribution < 1.29 is 27.2 Å². The highest BCUT2D eigenvalue weighted by atomic mass is 32.2. The molecule has 0 radical (unpaired) electrons. The van der Waals surface area contributed by atoms with Crippen molar-refractivity contribution in [1.82, 2.24) is 9.88 Å². The van der Waals surface area contributed by atoms with E-state index in [1.807, 2.05) is 29.6 Å². The van der Waals surface area contributed by atoms with Crippen LogP contribution in [0.3, 0.4) is 0 Å². The molecule has 33 heavy (non-hydrogen) atoms. The molecule has 0 saturated carbocycles. The van der Waals surface area contributed by atoms with Gasteiger partial charge in [0.05, 0.1) is 23.9 Å². The summed E-state index contributed by atoms with van der Waals surface area (Å²) in [7, 11) is 0. The molecule has 0 unspecified atom stereocenters. The third-order valence-corrected chi connectivity index (χ3v) is 7.95. The number of carbonyl (C=O) groups is 1. The zero-order chi connectivity index (χ0) is 23.6. The Morgan fingerprint density at radius 3 is 2.58 bits per heavy atom. The quantitative estimate of drug-likeness (QED) is 0.643. The molecule has 2 saturated heterocycles. The Morgan fingerprint density at radius 1 is 1.24 bits per heavy atom. The smallest absolute Gasteiger partial charge is 0.407 e. The first kappa shape index (κ1) is 24.1. The number of nitrogens with zero attached hydrogens (tertiary/aromatic N) is 2. The number of hydrogen-bond acceptors (Lipinski definition) is 7. The topological polar surface area (TPSA) is 98.2 Å². The highest BCUT2D eigenvalue weighted by Gasteiger charge is 2.39. The Bertz CT molecular complexity index is 978. The normalized spacial score (nSPS) is 26.2. The summed E-state index contributed by atoms with van der Waals surface area (Å²) in [6.45, 7) is 7.94. The van der Waals surface area contributed by atoms with Crippen molar-refractivity contribution in [1.29, 1.82) is 0 Å². The Kier molecular flexibility index (Phi) is 7.37. The van der Waals surface area contributed by atoms with Crippen LogP contribution in [-0.4, -0.2) is 51.1 Å². The highest BCUT2D eigenvalue weighted by molar-refractivity contribution is 7.75. The van der Waals surface area contributed by atoms with E-state index in [-0.39, 0.29) is 23.3 Å². The maximum atomic E-state index is 11.7. The van der Waals surface area contributed by atoms with E-state index >= 15 is 0 Å². The SMILES string of the molecule is CC(C)(C)[C@H]1C[C@H](c2nc(COc3ccc(C4COS(=O)OC4)cc3)cs2)CCN1C(=O)O. The molecule has 2 aromatic rings. The number of thiazole rings is 1. The summed E-state index contributed by atoms with van der Waals surface area (Å²) in [5.41, 5.74) is 1.80. The second-order valence-electron chi connectivity index (χ2n) is 9.58. The van der Waals surface area contributed by atoms with E-state index in [2.05, 4.69) is 20.8 Å². The van der Waals surface area contributed by atoms with Crippen molar-refractivity contribution in [3.8, 4) is 5.75 Å².